The Morgan fingerprint density at radius 1 is 1.11 bits per heavy atom. The van der Waals surface area contributed by atoms with Crippen molar-refractivity contribution in [2.75, 3.05) is 7.11 Å². The van der Waals surface area contributed by atoms with Crippen LogP contribution in [0.25, 0.3) is 22.4 Å². The largest absolute Gasteiger partial charge is 0.497 e. The Morgan fingerprint density at radius 3 is 2.54 bits per heavy atom. The predicted octanol–water partition coefficient (Wildman–Crippen LogP) is 5.27. The second kappa shape index (κ2) is 8.16. The van der Waals surface area contributed by atoms with E-state index in [4.69, 9.17) is 4.74 Å². The minimum Gasteiger partial charge on any atom is -0.497 e. The van der Waals surface area contributed by atoms with Crippen molar-refractivity contribution < 1.29 is 17.9 Å². The molecule has 0 bridgehead atoms. The van der Waals surface area contributed by atoms with Crippen LogP contribution < -0.4 is 4.74 Å². The van der Waals surface area contributed by atoms with Gasteiger partial charge in [0, 0.05) is 18.5 Å². The third-order valence-electron chi connectivity index (χ3n) is 4.70. The third-order valence-corrected chi connectivity index (χ3v) is 4.70. The second-order valence-electron chi connectivity index (χ2n) is 6.54. The van der Waals surface area contributed by atoms with Gasteiger partial charge in [-0.3, -0.25) is 0 Å². The molecular formula is C20H23F3N4O. The Bertz CT molecular complexity index is 966. The Balaban J connectivity index is 2.20. The topological polar surface area (TPSA) is 52.8 Å². The Kier molecular flexibility index (Phi) is 5.86. The standard InChI is InChI=1S/C20H23F3N4O/c1-4-6-7-10-27-16(5-2)26-18-17(24-12-25-19(18)27)14-9-8-13(28-3)11-15(14)20(21,22)23/h8-9,11-12H,4-7,10H2,1-3H3. The summed E-state index contributed by atoms with van der Waals surface area (Å²) in [6.45, 7) is 4.83. The van der Waals surface area contributed by atoms with Crippen LogP contribution in [-0.2, 0) is 19.1 Å². The number of fused-ring (bicyclic) bond motifs is 1. The molecule has 0 unspecified atom stereocenters. The molecule has 0 aliphatic heterocycles. The smallest absolute Gasteiger partial charge is 0.417 e. The van der Waals surface area contributed by atoms with E-state index in [0.29, 0.717) is 17.6 Å². The van der Waals surface area contributed by atoms with Gasteiger partial charge in [-0.15, -0.1) is 0 Å². The molecule has 28 heavy (non-hydrogen) atoms. The molecule has 0 aliphatic carbocycles. The summed E-state index contributed by atoms with van der Waals surface area (Å²) in [5.74, 6) is 0.940. The van der Waals surface area contributed by atoms with E-state index in [0.717, 1.165) is 37.7 Å². The lowest BCUT2D eigenvalue weighted by Gasteiger charge is -2.14. The summed E-state index contributed by atoms with van der Waals surface area (Å²) in [6.07, 6.45) is 0.534. The lowest BCUT2D eigenvalue weighted by Crippen LogP contribution is -2.08. The summed E-state index contributed by atoms with van der Waals surface area (Å²) < 4.78 is 48.0. The summed E-state index contributed by atoms with van der Waals surface area (Å²) in [6, 6.07) is 3.87. The number of ether oxygens (including phenoxy) is 1. The molecule has 3 aromatic rings. The monoisotopic (exact) mass is 392 g/mol. The van der Waals surface area contributed by atoms with Crippen LogP contribution in [0.5, 0.6) is 5.75 Å². The molecule has 0 N–H and O–H groups in total. The van der Waals surface area contributed by atoms with Gasteiger partial charge in [0.05, 0.1) is 12.7 Å². The first-order valence-electron chi connectivity index (χ1n) is 9.36. The number of unbranched alkanes of at least 4 members (excludes halogenated alkanes) is 2. The van der Waals surface area contributed by atoms with Crippen molar-refractivity contribution >= 4 is 11.2 Å². The number of hydrogen-bond acceptors (Lipinski definition) is 4. The van der Waals surface area contributed by atoms with E-state index in [1.165, 1.54) is 25.6 Å². The molecule has 2 aromatic heterocycles. The van der Waals surface area contributed by atoms with Gasteiger partial charge in [-0.1, -0.05) is 26.7 Å². The summed E-state index contributed by atoms with van der Waals surface area (Å²) >= 11 is 0. The van der Waals surface area contributed by atoms with Crippen molar-refractivity contribution in [1.82, 2.24) is 19.5 Å². The third kappa shape index (κ3) is 3.81. The lowest BCUT2D eigenvalue weighted by molar-refractivity contribution is -0.137. The van der Waals surface area contributed by atoms with Crippen LogP contribution in [0.15, 0.2) is 24.5 Å². The molecule has 0 atom stereocenters. The molecule has 1 aromatic carbocycles. The predicted molar refractivity (Wildman–Crippen MR) is 101 cm³/mol. The van der Waals surface area contributed by atoms with Crippen LogP contribution in [0.3, 0.4) is 0 Å². The van der Waals surface area contributed by atoms with Gasteiger partial charge in [0.25, 0.3) is 0 Å². The molecular weight excluding hydrogens is 369 g/mol. The van der Waals surface area contributed by atoms with Gasteiger partial charge in [-0.25, -0.2) is 15.0 Å². The minimum atomic E-state index is -4.54. The first-order valence-corrected chi connectivity index (χ1v) is 9.36. The fraction of sp³-hybridized carbons (Fsp3) is 0.450. The minimum absolute atomic E-state index is 0.0263. The zero-order chi connectivity index (χ0) is 20.3. The fourth-order valence-corrected chi connectivity index (χ4v) is 3.29. The molecule has 8 heteroatoms. The zero-order valence-electron chi connectivity index (χ0n) is 16.2. The zero-order valence-corrected chi connectivity index (χ0v) is 16.2. The molecule has 0 aliphatic rings. The van der Waals surface area contributed by atoms with Gasteiger partial charge >= 0.3 is 6.18 Å². The SMILES string of the molecule is CCCCCn1c(CC)nc2c(-c3ccc(OC)cc3C(F)(F)F)ncnc21. The molecule has 0 spiro atoms. The van der Waals surface area contributed by atoms with Crippen LogP contribution in [0.4, 0.5) is 13.2 Å². The summed E-state index contributed by atoms with van der Waals surface area (Å²) in [5, 5.41) is 0. The van der Waals surface area contributed by atoms with Gasteiger partial charge in [0.2, 0.25) is 0 Å². The molecule has 2 heterocycles. The average Bonchev–Trinajstić information content (AvgIpc) is 3.05. The van der Waals surface area contributed by atoms with Crippen LogP contribution >= 0.6 is 0 Å². The highest BCUT2D eigenvalue weighted by Gasteiger charge is 2.35. The van der Waals surface area contributed by atoms with Gasteiger partial charge in [0.1, 0.15) is 29.1 Å². The van der Waals surface area contributed by atoms with Gasteiger partial charge in [-0.05, 0) is 24.6 Å². The average molecular weight is 392 g/mol. The van der Waals surface area contributed by atoms with Crippen molar-refractivity contribution in [2.24, 2.45) is 0 Å². The number of hydrogen-bond donors (Lipinski definition) is 0. The Labute approximate surface area is 161 Å². The molecule has 0 fully saturated rings. The number of aromatic nitrogens is 4. The van der Waals surface area contributed by atoms with Crippen LogP contribution in [0, 0.1) is 0 Å². The van der Waals surface area contributed by atoms with Crippen LogP contribution in [0.2, 0.25) is 0 Å². The quantitative estimate of drug-likeness (QED) is 0.514. The number of benzene rings is 1. The van der Waals surface area contributed by atoms with E-state index in [-0.39, 0.29) is 17.0 Å². The van der Waals surface area contributed by atoms with E-state index in [2.05, 4.69) is 21.9 Å². The van der Waals surface area contributed by atoms with E-state index in [1.807, 2.05) is 11.5 Å². The molecule has 5 nitrogen and oxygen atoms in total. The van der Waals surface area contributed by atoms with Crippen LogP contribution in [0.1, 0.15) is 44.5 Å². The van der Waals surface area contributed by atoms with Crippen molar-refractivity contribution in [3.8, 4) is 17.0 Å². The maximum Gasteiger partial charge on any atom is 0.417 e. The van der Waals surface area contributed by atoms with Gasteiger partial charge in [0.15, 0.2) is 5.65 Å². The second-order valence-corrected chi connectivity index (χ2v) is 6.54. The Morgan fingerprint density at radius 2 is 1.89 bits per heavy atom. The first kappa shape index (κ1) is 20.1. The number of alkyl halides is 3. The number of rotatable bonds is 7. The number of halogens is 3. The molecule has 3 rings (SSSR count). The molecule has 0 amide bonds. The number of methoxy groups -OCH3 is 1. The molecule has 150 valence electrons. The highest BCUT2D eigenvalue weighted by molar-refractivity contribution is 5.89. The highest BCUT2D eigenvalue weighted by atomic mass is 19.4. The summed E-state index contributed by atoms with van der Waals surface area (Å²) in [4.78, 5) is 13.1. The van der Waals surface area contributed by atoms with Crippen molar-refractivity contribution in [2.45, 2.75) is 52.3 Å². The lowest BCUT2D eigenvalue weighted by atomic mass is 10.0. The molecule has 0 saturated carbocycles. The number of nitrogens with zero attached hydrogens (tertiary/aromatic N) is 4. The van der Waals surface area contributed by atoms with Crippen molar-refractivity contribution in [3.63, 3.8) is 0 Å². The van der Waals surface area contributed by atoms with E-state index < -0.39 is 11.7 Å². The van der Waals surface area contributed by atoms with E-state index in [1.54, 1.807) is 0 Å². The van der Waals surface area contributed by atoms with Gasteiger partial charge < -0.3 is 9.30 Å². The van der Waals surface area contributed by atoms with E-state index >= 15 is 0 Å². The van der Waals surface area contributed by atoms with Crippen molar-refractivity contribution in [3.05, 3.63) is 35.9 Å². The maximum atomic E-state index is 13.7. The van der Waals surface area contributed by atoms with Crippen molar-refractivity contribution in [1.29, 1.82) is 0 Å². The normalized spacial score (nSPS) is 11.9. The Hall–Kier alpha value is -2.64. The summed E-state index contributed by atoms with van der Waals surface area (Å²) in [7, 11) is 1.34. The highest BCUT2D eigenvalue weighted by Crippen LogP contribution is 2.40. The van der Waals surface area contributed by atoms with Gasteiger partial charge in [-0.2, -0.15) is 13.2 Å². The first-order chi connectivity index (χ1) is 13.4. The van der Waals surface area contributed by atoms with E-state index in [9.17, 15) is 13.2 Å². The number of imidazole rings is 1. The summed E-state index contributed by atoms with van der Waals surface area (Å²) in [5.41, 5.74) is 0.323. The van der Waals surface area contributed by atoms with Crippen LogP contribution in [-0.4, -0.2) is 26.6 Å². The number of aryl methyl sites for hydroxylation is 2. The molecule has 0 radical (unpaired) electrons. The fourth-order valence-electron chi connectivity index (χ4n) is 3.29. The maximum absolute atomic E-state index is 13.7. The molecule has 0 saturated heterocycles.